The van der Waals surface area contributed by atoms with Crippen LogP contribution in [-0.4, -0.2) is 16.7 Å². The molecule has 1 aliphatic rings. The van der Waals surface area contributed by atoms with Gasteiger partial charge in [0.25, 0.3) is 5.89 Å². The van der Waals surface area contributed by atoms with E-state index in [1.54, 1.807) is 0 Å². The molecule has 1 aliphatic heterocycles. The van der Waals surface area contributed by atoms with Crippen molar-refractivity contribution in [3.63, 3.8) is 0 Å². The number of benzene rings is 2. The molecule has 4 heteroatoms. The molecule has 0 atom stereocenters. The first-order valence-corrected chi connectivity index (χ1v) is 7.07. The Morgan fingerprint density at radius 3 is 2.71 bits per heavy atom. The number of anilines is 1. The lowest BCUT2D eigenvalue weighted by molar-refractivity contribution is 0.432. The van der Waals surface area contributed by atoms with Crippen molar-refractivity contribution < 1.29 is 4.52 Å². The summed E-state index contributed by atoms with van der Waals surface area (Å²) >= 11 is 0. The van der Waals surface area contributed by atoms with Crippen molar-refractivity contribution in [2.24, 2.45) is 0 Å². The van der Waals surface area contributed by atoms with Gasteiger partial charge in [-0.2, -0.15) is 4.98 Å². The molecule has 0 radical (unpaired) electrons. The van der Waals surface area contributed by atoms with E-state index >= 15 is 0 Å². The Balaban J connectivity index is 1.69. The van der Waals surface area contributed by atoms with E-state index < -0.39 is 0 Å². The van der Waals surface area contributed by atoms with Crippen molar-refractivity contribution in [3.05, 3.63) is 53.6 Å². The van der Waals surface area contributed by atoms with Crippen LogP contribution in [-0.2, 0) is 6.42 Å². The first-order chi connectivity index (χ1) is 10.3. The van der Waals surface area contributed by atoms with Gasteiger partial charge < -0.3 is 9.84 Å². The van der Waals surface area contributed by atoms with E-state index in [1.807, 2.05) is 30.3 Å². The summed E-state index contributed by atoms with van der Waals surface area (Å²) in [5.74, 6) is 1.18. The minimum Gasteiger partial charge on any atom is -0.384 e. The van der Waals surface area contributed by atoms with Crippen molar-refractivity contribution >= 4 is 5.69 Å². The molecule has 104 valence electrons. The van der Waals surface area contributed by atoms with Crippen LogP contribution in [0.2, 0.25) is 0 Å². The van der Waals surface area contributed by atoms with Crippen LogP contribution in [0.5, 0.6) is 0 Å². The van der Waals surface area contributed by atoms with Gasteiger partial charge in [0.15, 0.2) is 0 Å². The van der Waals surface area contributed by atoms with Gasteiger partial charge in [-0.3, -0.25) is 0 Å². The van der Waals surface area contributed by atoms with Crippen molar-refractivity contribution in [2.75, 3.05) is 11.9 Å². The molecule has 1 N–H and O–H groups in total. The van der Waals surface area contributed by atoms with Crippen LogP contribution in [0.1, 0.15) is 11.1 Å². The molecular weight excluding hydrogens is 262 g/mol. The number of aromatic nitrogens is 2. The predicted molar refractivity (Wildman–Crippen MR) is 82.1 cm³/mol. The number of nitrogens with zero attached hydrogens (tertiary/aromatic N) is 2. The van der Waals surface area contributed by atoms with Gasteiger partial charge in [-0.1, -0.05) is 41.1 Å². The minimum absolute atomic E-state index is 0.557. The lowest BCUT2D eigenvalue weighted by Crippen LogP contribution is -1.91. The van der Waals surface area contributed by atoms with Gasteiger partial charge in [0.1, 0.15) is 0 Å². The number of nitrogens with one attached hydrogen (secondary N) is 1. The van der Waals surface area contributed by atoms with Crippen LogP contribution in [0.25, 0.3) is 22.8 Å². The summed E-state index contributed by atoms with van der Waals surface area (Å²) in [6, 6.07) is 14.4. The van der Waals surface area contributed by atoms with E-state index in [-0.39, 0.29) is 0 Å². The molecule has 2 aromatic carbocycles. The number of hydrogen-bond donors (Lipinski definition) is 1. The van der Waals surface area contributed by atoms with Crippen LogP contribution in [0, 0.1) is 6.92 Å². The third kappa shape index (κ3) is 2.18. The fraction of sp³-hybridized carbons (Fsp3) is 0.176. The van der Waals surface area contributed by atoms with Crippen molar-refractivity contribution in [1.82, 2.24) is 10.1 Å². The van der Waals surface area contributed by atoms with Gasteiger partial charge in [-0.15, -0.1) is 0 Å². The van der Waals surface area contributed by atoms with Crippen LogP contribution in [0.3, 0.4) is 0 Å². The normalized spacial score (nSPS) is 13.0. The molecule has 0 saturated carbocycles. The maximum Gasteiger partial charge on any atom is 0.258 e. The van der Waals surface area contributed by atoms with Gasteiger partial charge >= 0.3 is 0 Å². The molecule has 0 spiro atoms. The molecule has 21 heavy (non-hydrogen) atoms. The molecule has 0 fully saturated rings. The van der Waals surface area contributed by atoms with E-state index in [0.717, 1.165) is 24.1 Å². The Bertz CT molecular complexity index is 790. The Kier molecular flexibility index (Phi) is 2.74. The zero-order valence-electron chi connectivity index (χ0n) is 11.8. The number of fused-ring (bicyclic) bond motifs is 1. The second-order valence-corrected chi connectivity index (χ2v) is 5.34. The van der Waals surface area contributed by atoms with Crippen molar-refractivity contribution in [3.8, 4) is 22.8 Å². The SMILES string of the molecule is Cc1ccc(-c2noc(-c3ccc4c(c3)NCC4)n2)cc1. The predicted octanol–water partition coefficient (Wildman–Crippen LogP) is 3.68. The Hall–Kier alpha value is -2.62. The molecule has 0 bridgehead atoms. The molecular formula is C17H15N3O. The van der Waals surface area contributed by atoms with E-state index in [2.05, 4.69) is 34.5 Å². The number of hydrogen-bond acceptors (Lipinski definition) is 4. The summed E-state index contributed by atoms with van der Waals surface area (Å²) in [6.45, 7) is 3.06. The third-order valence-electron chi connectivity index (χ3n) is 3.80. The van der Waals surface area contributed by atoms with Crippen LogP contribution >= 0.6 is 0 Å². The molecule has 3 aromatic rings. The number of rotatable bonds is 2. The highest BCUT2D eigenvalue weighted by Crippen LogP contribution is 2.29. The summed E-state index contributed by atoms with van der Waals surface area (Å²) in [7, 11) is 0. The van der Waals surface area contributed by atoms with Gasteiger partial charge in [0, 0.05) is 23.4 Å². The lowest BCUT2D eigenvalue weighted by Gasteiger charge is -2.00. The van der Waals surface area contributed by atoms with E-state index in [9.17, 15) is 0 Å². The Morgan fingerprint density at radius 2 is 1.86 bits per heavy atom. The molecule has 2 heterocycles. The summed E-state index contributed by atoms with van der Waals surface area (Å²) < 4.78 is 5.41. The zero-order chi connectivity index (χ0) is 14.2. The maximum absolute atomic E-state index is 5.41. The Labute approximate surface area is 122 Å². The fourth-order valence-electron chi connectivity index (χ4n) is 2.58. The van der Waals surface area contributed by atoms with Gasteiger partial charge in [-0.25, -0.2) is 0 Å². The van der Waals surface area contributed by atoms with Gasteiger partial charge in [-0.05, 0) is 31.0 Å². The highest BCUT2D eigenvalue weighted by Gasteiger charge is 2.14. The molecule has 0 aliphatic carbocycles. The van der Waals surface area contributed by atoms with Crippen molar-refractivity contribution in [2.45, 2.75) is 13.3 Å². The summed E-state index contributed by atoms with van der Waals surface area (Å²) in [5, 5.41) is 7.44. The quantitative estimate of drug-likeness (QED) is 0.776. The van der Waals surface area contributed by atoms with Crippen molar-refractivity contribution in [1.29, 1.82) is 0 Å². The second-order valence-electron chi connectivity index (χ2n) is 5.34. The topological polar surface area (TPSA) is 51.0 Å². The molecule has 1 aromatic heterocycles. The van der Waals surface area contributed by atoms with Crippen LogP contribution < -0.4 is 5.32 Å². The van der Waals surface area contributed by atoms with Crippen LogP contribution in [0.15, 0.2) is 47.0 Å². The fourth-order valence-corrected chi connectivity index (χ4v) is 2.58. The van der Waals surface area contributed by atoms with Crippen LogP contribution in [0.4, 0.5) is 5.69 Å². The molecule has 0 saturated heterocycles. The second kappa shape index (κ2) is 4.74. The monoisotopic (exact) mass is 277 g/mol. The molecule has 0 amide bonds. The van der Waals surface area contributed by atoms with E-state index in [0.29, 0.717) is 11.7 Å². The van der Waals surface area contributed by atoms with E-state index in [1.165, 1.54) is 16.8 Å². The third-order valence-corrected chi connectivity index (χ3v) is 3.80. The van der Waals surface area contributed by atoms with Gasteiger partial charge in [0.2, 0.25) is 5.82 Å². The molecule has 4 nitrogen and oxygen atoms in total. The smallest absolute Gasteiger partial charge is 0.258 e. The molecule has 4 rings (SSSR count). The highest BCUT2D eigenvalue weighted by molar-refractivity contribution is 5.67. The number of aryl methyl sites for hydroxylation is 1. The summed E-state index contributed by atoms with van der Waals surface area (Å²) in [6.07, 6.45) is 1.08. The maximum atomic E-state index is 5.41. The summed E-state index contributed by atoms with van der Waals surface area (Å²) in [5.41, 5.74) is 5.65. The first kappa shape index (κ1) is 12.1. The summed E-state index contributed by atoms with van der Waals surface area (Å²) in [4.78, 5) is 4.50. The Morgan fingerprint density at radius 1 is 1.05 bits per heavy atom. The average molecular weight is 277 g/mol. The average Bonchev–Trinajstić information content (AvgIpc) is 3.16. The lowest BCUT2D eigenvalue weighted by atomic mass is 10.1. The molecule has 0 unspecified atom stereocenters. The zero-order valence-corrected chi connectivity index (χ0v) is 11.8. The highest BCUT2D eigenvalue weighted by atomic mass is 16.5. The standard InChI is InChI=1S/C17H15N3O/c1-11-2-4-13(5-3-11)16-19-17(21-20-16)14-7-6-12-8-9-18-15(12)10-14/h2-7,10,18H,8-9H2,1H3. The largest absolute Gasteiger partial charge is 0.384 e. The van der Waals surface area contributed by atoms with E-state index in [4.69, 9.17) is 4.52 Å². The van der Waals surface area contributed by atoms with Gasteiger partial charge in [0.05, 0.1) is 0 Å². The minimum atomic E-state index is 0.557. The first-order valence-electron chi connectivity index (χ1n) is 7.07.